The Balaban J connectivity index is 1.61. The van der Waals surface area contributed by atoms with Crippen LogP contribution in [-0.4, -0.2) is 32.1 Å². The standard InChI is InChI=1S/C23H22F2N2O4S/c1-30-18-7-4-15(5-8-18)19-13-17(6-9-20(19)31-23(24)25)27-21(28)3-2-11-26-22(29)16-10-12-32-14-16/h4-10,12-14,23H,2-3,11H2,1H3,(H,26,29)(H,27,28). The van der Waals surface area contributed by atoms with Crippen LogP contribution in [0.1, 0.15) is 23.2 Å². The molecule has 0 aliphatic carbocycles. The van der Waals surface area contributed by atoms with Crippen LogP contribution < -0.4 is 20.1 Å². The summed E-state index contributed by atoms with van der Waals surface area (Å²) < 4.78 is 35.4. The third-order valence-electron chi connectivity index (χ3n) is 4.53. The number of nitrogens with one attached hydrogen (secondary N) is 2. The van der Waals surface area contributed by atoms with Crippen LogP contribution in [0.2, 0.25) is 0 Å². The fourth-order valence-electron chi connectivity index (χ4n) is 2.97. The van der Waals surface area contributed by atoms with Crippen LogP contribution in [0.4, 0.5) is 14.5 Å². The van der Waals surface area contributed by atoms with Crippen molar-refractivity contribution in [1.29, 1.82) is 0 Å². The van der Waals surface area contributed by atoms with E-state index in [1.807, 2.05) is 5.38 Å². The summed E-state index contributed by atoms with van der Waals surface area (Å²) >= 11 is 1.44. The molecule has 0 aliphatic heterocycles. The lowest BCUT2D eigenvalue weighted by atomic mass is 10.0. The van der Waals surface area contributed by atoms with Gasteiger partial charge < -0.3 is 20.1 Å². The summed E-state index contributed by atoms with van der Waals surface area (Å²) in [6, 6.07) is 13.0. The van der Waals surface area contributed by atoms with E-state index in [0.717, 1.165) is 0 Å². The first kappa shape index (κ1) is 23.2. The molecule has 2 amide bonds. The number of hydrogen-bond donors (Lipinski definition) is 2. The lowest BCUT2D eigenvalue weighted by molar-refractivity contribution is -0.116. The zero-order valence-corrected chi connectivity index (χ0v) is 18.1. The number of carbonyl (C=O) groups excluding carboxylic acids is 2. The van der Waals surface area contributed by atoms with Gasteiger partial charge in [0.1, 0.15) is 11.5 Å². The Hall–Kier alpha value is -3.46. The van der Waals surface area contributed by atoms with Crippen LogP contribution in [-0.2, 0) is 4.79 Å². The van der Waals surface area contributed by atoms with Crippen molar-refractivity contribution in [2.24, 2.45) is 0 Å². The molecule has 3 aromatic rings. The highest BCUT2D eigenvalue weighted by Crippen LogP contribution is 2.34. The normalized spacial score (nSPS) is 10.6. The van der Waals surface area contributed by atoms with Crippen LogP contribution in [0.25, 0.3) is 11.1 Å². The van der Waals surface area contributed by atoms with Crippen molar-refractivity contribution in [3.63, 3.8) is 0 Å². The van der Waals surface area contributed by atoms with Gasteiger partial charge in [-0.2, -0.15) is 20.1 Å². The van der Waals surface area contributed by atoms with E-state index in [-0.39, 0.29) is 24.0 Å². The van der Waals surface area contributed by atoms with Crippen molar-refractivity contribution >= 4 is 28.8 Å². The second-order valence-corrected chi connectivity index (χ2v) is 7.52. The molecular formula is C23H22F2N2O4S. The minimum absolute atomic E-state index is 0.000640. The number of hydrogen-bond acceptors (Lipinski definition) is 5. The van der Waals surface area contributed by atoms with Crippen molar-refractivity contribution in [2.45, 2.75) is 19.5 Å². The quantitative estimate of drug-likeness (QED) is 0.409. The van der Waals surface area contributed by atoms with Crippen LogP contribution in [0.3, 0.4) is 0 Å². The number of rotatable bonds is 10. The highest BCUT2D eigenvalue weighted by atomic mass is 32.1. The smallest absolute Gasteiger partial charge is 0.387 e. The van der Waals surface area contributed by atoms with Crippen LogP contribution >= 0.6 is 11.3 Å². The first-order valence-corrected chi connectivity index (χ1v) is 10.7. The Bertz CT molecular complexity index is 1040. The van der Waals surface area contributed by atoms with Gasteiger partial charge in [0.05, 0.1) is 7.11 Å². The van der Waals surface area contributed by atoms with E-state index in [1.54, 1.807) is 41.8 Å². The molecule has 9 heteroatoms. The number of carbonyl (C=O) groups is 2. The molecule has 0 unspecified atom stereocenters. The van der Waals surface area contributed by atoms with Crippen molar-refractivity contribution in [3.05, 3.63) is 64.9 Å². The van der Waals surface area contributed by atoms with Gasteiger partial charge >= 0.3 is 6.61 Å². The molecule has 32 heavy (non-hydrogen) atoms. The average Bonchev–Trinajstić information content (AvgIpc) is 3.32. The molecule has 6 nitrogen and oxygen atoms in total. The van der Waals surface area contributed by atoms with Gasteiger partial charge in [0.15, 0.2) is 0 Å². The third kappa shape index (κ3) is 6.52. The third-order valence-corrected chi connectivity index (χ3v) is 5.21. The highest BCUT2D eigenvalue weighted by molar-refractivity contribution is 7.08. The number of thiophene rings is 1. The molecule has 2 N–H and O–H groups in total. The van der Waals surface area contributed by atoms with Crippen molar-refractivity contribution in [1.82, 2.24) is 5.32 Å². The van der Waals surface area contributed by atoms with Gasteiger partial charge in [0, 0.05) is 35.2 Å². The summed E-state index contributed by atoms with van der Waals surface area (Å²) in [6.45, 7) is -2.61. The predicted octanol–water partition coefficient (Wildman–Crippen LogP) is 5.17. The Kier molecular flexibility index (Phi) is 8.15. The molecule has 0 spiro atoms. The van der Waals surface area contributed by atoms with Crippen LogP contribution in [0.15, 0.2) is 59.3 Å². The van der Waals surface area contributed by atoms with Gasteiger partial charge in [-0.15, -0.1) is 0 Å². The maximum Gasteiger partial charge on any atom is 0.387 e. The topological polar surface area (TPSA) is 76.7 Å². The van der Waals surface area contributed by atoms with Crippen molar-refractivity contribution < 1.29 is 27.8 Å². The number of anilines is 1. The molecule has 0 aliphatic rings. The zero-order chi connectivity index (χ0) is 22.9. The first-order chi connectivity index (χ1) is 15.5. The molecule has 3 rings (SSSR count). The molecule has 0 radical (unpaired) electrons. The second kappa shape index (κ2) is 11.2. The zero-order valence-electron chi connectivity index (χ0n) is 17.3. The molecule has 0 fully saturated rings. The number of alkyl halides is 2. The number of benzene rings is 2. The van der Waals surface area contributed by atoms with E-state index >= 15 is 0 Å². The minimum atomic E-state index is -2.98. The van der Waals surface area contributed by atoms with Crippen molar-refractivity contribution in [3.8, 4) is 22.6 Å². The molecule has 0 bridgehead atoms. The van der Waals surface area contributed by atoms with E-state index in [2.05, 4.69) is 15.4 Å². The fraction of sp³-hybridized carbons (Fsp3) is 0.217. The van der Waals surface area contributed by atoms with Gasteiger partial charge in [-0.3, -0.25) is 9.59 Å². The maximum atomic E-state index is 12.8. The molecular weight excluding hydrogens is 438 g/mol. The fourth-order valence-corrected chi connectivity index (χ4v) is 3.61. The van der Waals surface area contributed by atoms with E-state index in [9.17, 15) is 18.4 Å². The highest BCUT2D eigenvalue weighted by Gasteiger charge is 2.14. The minimum Gasteiger partial charge on any atom is -0.497 e. The lowest BCUT2D eigenvalue weighted by Gasteiger charge is -2.14. The Morgan fingerprint density at radius 2 is 1.88 bits per heavy atom. The van der Waals surface area contributed by atoms with E-state index in [0.29, 0.717) is 41.1 Å². The monoisotopic (exact) mass is 460 g/mol. The molecule has 168 valence electrons. The average molecular weight is 461 g/mol. The van der Waals surface area contributed by atoms with Gasteiger partial charge in [-0.25, -0.2) is 0 Å². The second-order valence-electron chi connectivity index (χ2n) is 6.74. The summed E-state index contributed by atoms with van der Waals surface area (Å²) in [4.78, 5) is 24.2. The SMILES string of the molecule is COc1ccc(-c2cc(NC(=O)CCCNC(=O)c3ccsc3)ccc2OC(F)F)cc1. The molecule has 2 aromatic carbocycles. The van der Waals surface area contributed by atoms with E-state index in [1.165, 1.54) is 30.6 Å². The number of amides is 2. The number of ether oxygens (including phenoxy) is 2. The largest absolute Gasteiger partial charge is 0.497 e. The molecule has 0 saturated carbocycles. The number of halogens is 2. The van der Waals surface area contributed by atoms with Crippen molar-refractivity contribution in [2.75, 3.05) is 19.0 Å². The lowest BCUT2D eigenvalue weighted by Crippen LogP contribution is -2.25. The summed E-state index contributed by atoms with van der Waals surface area (Å²) in [5.74, 6) is 0.198. The van der Waals surface area contributed by atoms with E-state index < -0.39 is 6.61 Å². The molecule has 0 saturated heterocycles. The molecule has 1 heterocycles. The Labute approximate surface area is 188 Å². The summed E-state index contributed by atoms with van der Waals surface area (Å²) in [5, 5.41) is 9.09. The summed E-state index contributed by atoms with van der Waals surface area (Å²) in [7, 11) is 1.53. The van der Waals surface area contributed by atoms with E-state index in [4.69, 9.17) is 4.74 Å². The van der Waals surface area contributed by atoms with Gasteiger partial charge in [0.2, 0.25) is 5.91 Å². The van der Waals surface area contributed by atoms with Gasteiger partial charge in [0.25, 0.3) is 5.91 Å². The van der Waals surface area contributed by atoms with Gasteiger partial charge in [-0.05, 0) is 53.8 Å². The summed E-state index contributed by atoms with van der Waals surface area (Å²) in [5.41, 5.74) is 2.09. The first-order valence-electron chi connectivity index (χ1n) is 9.80. The van der Waals surface area contributed by atoms with Crippen LogP contribution in [0.5, 0.6) is 11.5 Å². The van der Waals surface area contributed by atoms with Gasteiger partial charge in [-0.1, -0.05) is 12.1 Å². The number of methoxy groups -OCH3 is 1. The Morgan fingerprint density at radius 1 is 1.09 bits per heavy atom. The molecule has 1 aromatic heterocycles. The molecule has 0 atom stereocenters. The maximum absolute atomic E-state index is 12.8. The predicted molar refractivity (Wildman–Crippen MR) is 120 cm³/mol. The van der Waals surface area contributed by atoms with Crippen LogP contribution in [0, 0.1) is 0 Å². The Morgan fingerprint density at radius 3 is 2.53 bits per heavy atom. The summed E-state index contributed by atoms with van der Waals surface area (Å²) in [6.07, 6.45) is 0.650.